The zero-order valence-corrected chi connectivity index (χ0v) is 17.3. The highest BCUT2D eigenvalue weighted by Gasteiger charge is 2.29. The molecule has 2 aliphatic heterocycles. The van der Waals surface area contributed by atoms with Crippen LogP contribution >= 0.6 is 0 Å². The molecule has 0 bridgehead atoms. The predicted octanol–water partition coefficient (Wildman–Crippen LogP) is 2.48. The first-order valence-corrected chi connectivity index (χ1v) is 10.1. The molecule has 0 radical (unpaired) electrons. The second-order valence-corrected chi connectivity index (χ2v) is 7.48. The number of carbonyl (C=O) groups excluding carboxylic acids is 2. The molecule has 4 rings (SSSR count). The number of aryl methyl sites for hydroxylation is 1. The van der Waals surface area contributed by atoms with Crippen LogP contribution in [0.3, 0.4) is 0 Å². The van der Waals surface area contributed by atoms with Crippen LogP contribution in [0, 0.1) is 6.92 Å². The Kier molecular flexibility index (Phi) is 5.61. The van der Waals surface area contributed by atoms with Crippen molar-refractivity contribution in [1.29, 1.82) is 0 Å². The van der Waals surface area contributed by atoms with Crippen LogP contribution in [0.1, 0.15) is 12.0 Å². The molecule has 7 heteroatoms. The molecule has 0 saturated carbocycles. The number of benzene rings is 2. The van der Waals surface area contributed by atoms with Crippen molar-refractivity contribution in [2.75, 3.05) is 43.2 Å². The Bertz CT molecular complexity index is 980. The summed E-state index contributed by atoms with van der Waals surface area (Å²) in [5, 5.41) is 1.47. The Balaban J connectivity index is 1.41. The molecule has 1 N–H and O–H groups in total. The summed E-state index contributed by atoms with van der Waals surface area (Å²) in [6.07, 6.45) is 1.89. The lowest BCUT2D eigenvalue weighted by Gasteiger charge is -2.37. The van der Waals surface area contributed by atoms with E-state index in [-0.39, 0.29) is 18.2 Å². The number of nitrogens with one attached hydrogen (secondary N) is 1. The number of rotatable bonds is 4. The van der Waals surface area contributed by atoms with Crippen molar-refractivity contribution >= 4 is 23.2 Å². The minimum absolute atomic E-state index is 0.0783. The topological polar surface area (TPSA) is 65.1 Å². The zero-order valence-electron chi connectivity index (χ0n) is 17.3. The lowest BCUT2D eigenvalue weighted by atomic mass is 10.1. The molecule has 2 amide bonds. The molecule has 0 aromatic heterocycles. The molecule has 2 aromatic carbocycles. The van der Waals surface area contributed by atoms with Gasteiger partial charge < -0.3 is 14.5 Å². The van der Waals surface area contributed by atoms with Crippen LogP contribution in [0.4, 0.5) is 11.4 Å². The molecule has 0 atom stereocenters. The Hall–Kier alpha value is -3.48. The highest BCUT2D eigenvalue weighted by Crippen LogP contribution is 2.23. The average Bonchev–Trinajstić information content (AvgIpc) is 2.79. The first-order chi connectivity index (χ1) is 14.5. The predicted molar refractivity (Wildman–Crippen MR) is 116 cm³/mol. The van der Waals surface area contributed by atoms with Gasteiger partial charge in [-0.15, -0.1) is 0 Å². The number of anilines is 2. The van der Waals surface area contributed by atoms with Crippen molar-refractivity contribution in [1.82, 2.24) is 10.3 Å². The normalized spacial score (nSPS) is 16.8. The number of piperazine rings is 1. The van der Waals surface area contributed by atoms with E-state index < -0.39 is 0 Å². The van der Waals surface area contributed by atoms with E-state index in [4.69, 9.17) is 4.74 Å². The highest BCUT2D eigenvalue weighted by molar-refractivity contribution is 6.01. The summed E-state index contributed by atoms with van der Waals surface area (Å²) in [6.45, 7) is 4.70. The van der Waals surface area contributed by atoms with Gasteiger partial charge >= 0.3 is 0 Å². The summed E-state index contributed by atoms with van der Waals surface area (Å²) in [5.41, 5.74) is 6.36. The van der Waals surface area contributed by atoms with E-state index in [9.17, 15) is 9.59 Å². The molecule has 0 spiro atoms. The fraction of sp³-hybridized carbons (Fsp3) is 0.304. The summed E-state index contributed by atoms with van der Waals surface area (Å²) < 4.78 is 5.31. The first-order valence-electron chi connectivity index (χ1n) is 10.1. The van der Waals surface area contributed by atoms with Gasteiger partial charge in [-0.1, -0.05) is 18.2 Å². The third-order valence-corrected chi connectivity index (χ3v) is 5.44. The Morgan fingerprint density at radius 2 is 1.73 bits per heavy atom. The van der Waals surface area contributed by atoms with Gasteiger partial charge in [-0.25, -0.2) is 5.01 Å². The number of nitrogens with zero attached hydrogens (tertiary/aromatic N) is 3. The molecule has 2 heterocycles. The Morgan fingerprint density at radius 1 is 1.00 bits per heavy atom. The summed E-state index contributed by atoms with van der Waals surface area (Å²) >= 11 is 0. The maximum atomic E-state index is 13.1. The molecule has 7 nitrogen and oxygen atoms in total. The van der Waals surface area contributed by atoms with Crippen LogP contribution in [0.25, 0.3) is 0 Å². The van der Waals surface area contributed by atoms with Crippen LogP contribution in [0.2, 0.25) is 0 Å². The van der Waals surface area contributed by atoms with Crippen LogP contribution in [0.15, 0.2) is 60.3 Å². The number of carbonyl (C=O) groups is 2. The van der Waals surface area contributed by atoms with Gasteiger partial charge in [0.05, 0.1) is 12.8 Å². The SMILES string of the molecule is COc1cccc(N2CCN(C(=O)C3=CCC(=O)N(c4cccc(C)c4)N3)CC2)c1. The fourth-order valence-corrected chi connectivity index (χ4v) is 3.77. The van der Waals surface area contributed by atoms with Crippen molar-refractivity contribution in [3.63, 3.8) is 0 Å². The second-order valence-electron chi connectivity index (χ2n) is 7.48. The van der Waals surface area contributed by atoms with E-state index in [0.717, 1.165) is 35.8 Å². The van der Waals surface area contributed by atoms with E-state index >= 15 is 0 Å². The largest absolute Gasteiger partial charge is 0.497 e. The number of hydrogen-bond acceptors (Lipinski definition) is 5. The fourth-order valence-electron chi connectivity index (χ4n) is 3.77. The third-order valence-electron chi connectivity index (χ3n) is 5.44. The quantitative estimate of drug-likeness (QED) is 0.845. The Labute approximate surface area is 176 Å². The third kappa shape index (κ3) is 4.10. The van der Waals surface area contributed by atoms with Crippen molar-refractivity contribution in [3.8, 4) is 5.75 Å². The van der Waals surface area contributed by atoms with Crippen LogP contribution in [-0.4, -0.2) is 50.0 Å². The van der Waals surface area contributed by atoms with Crippen molar-refractivity contribution in [2.45, 2.75) is 13.3 Å². The molecule has 1 fully saturated rings. The van der Waals surface area contributed by atoms with Gasteiger partial charge in [0.25, 0.3) is 5.91 Å². The number of hydrazine groups is 1. The van der Waals surface area contributed by atoms with Crippen LogP contribution < -0.4 is 20.1 Å². The summed E-state index contributed by atoms with van der Waals surface area (Å²) in [5.74, 6) is 0.661. The molecule has 1 saturated heterocycles. The van der Waals surface area contributed by atoms with Gasteiger partial charge in [0.1, 0.15) is 11.4 Å². The van der Waals surface area contributed by atoms with E-state index in [1.54, 1.807) is 13.2 Å². The Morgan fingerprint density at radius 3 is 2.47 bits per heavy atom. The number of methoxy groups -OCH3 is 1. The zero-order chi connectivity index (χ0) is 21.1. The van der Waals surface area contributed by atoms with Gasteiger partial charge in [0.15, 0.2) is 0 Å². The van der Waals surface area contributed by atoms with Gasteiger partial charge in [-0.05, 0) is 42.8 Å². The minimum Gasteiger partial charge on any atom is -0.497 e. The van der Waals surface area contributed by atoms with Gasteiger partial charge in [-0.2, -0.15) is 0 Å². The lowest BCUT2D eigenvalue weighted by molar-refractivity contribution is -0.128. The standard InChI is InChI=1S/C23H26N4O3/c1-17-5-3-7-19(15-17)27-22(28)10-9-21(24-27)23(29)26-13-11-25(12-14-26)18-6-4-8-20(16-18)30-2/h3-9,15-16,24H,10-14H2,1-2H3. The van der Waals surface area contributed by atoms with Gasteiger partial charge in [0.2, 0.25) is 5.91 Å². The molecule has 0 unspecified atom stereocenters. The molecule has 156 valence electrons. The smallest absolute Gasteiger partial charge is 0.271 e. The minimum atomic E-state index is -0.0833. The highest BCUT2D eigenvalue weighted by atomic mass is 16.5. The number of amides is 2. The van der Waals surface area contributed by atoms with Crippen molar-refractivity contribution in [3.05, 3.63) is 65.9 Å². The van der Waals surface area contributed by atoms with E-state index in [0.29, 0.717) is 18.8 Å². The van der Waals surface area contributed by atoms with Gasteiger partial charge in [-0.3, -0.25) is 15.0 Å². The number of ether oxygens (including phenoxy) is 1. The molecule has 0 aliphatic carbocycles. The second kappa shape index (κ2) is 8.49. The van der Waals surface area contributed by atoms with E-state index in [1.165, 1.54) is 5.01 Å². The lowest BCUT2D eigenvalue weighted by Crippen LogP contribution is -2.53. The van der Waals surface area contributed by atoms with Crippen molar-refractivity contribution in [2.24, 2.45) is 0 Å². The molecule has 2 aliphatic rings. The maximum absolute atomic E-state index is 13.1. The first kappa shape index (κ1) is 19.8. The number of hydrogen-bond donors (Lipinski definition) is 1. The summed E-state index contributed by atoms with van der Waals surface area (Å²) in [6, 6.07) is 15.6. The average molecular weight is 406 g/mol. The van der Waals surface area contributed by atoms with E-state index in [1.807, 2.05) is 54.3 Å². The molecule has 30 heavy (non-hydrogen) atoms. The maximum Gasteiger partial charge on any atom is 0.271 e. The summed E-state index contributed by atoms with van der Waals surface area (Å²) in [4.78, 5) is 29.5. The molecule has 2 aromatic rings. The van der Waals surface area contributed by atoms with Crippen LogP contribution in [-0.2, 0) is 9.59 Å². The monoisotopic (exact) mass is 406 g/mol. The molecular formula is C23H26N4O3. The van der Waals surface area contributed by atoms with Crippen molar-refractivity contribution < 1.29 is 14.3 Å². The molecular weight excluding hydrogens is 380 g/mol. The van der Waals surface area contributed by atoms with Gasteiger partial charge in [0, 0.05) is 44.4 Å². The van der Waals surface area contributed by atoms with E-state index in [2.05, 4.69) is 16.4 Å². The van der Waals surface area contributed by atoms with Crippen LogP contribution in [0.5, 0.6) is 5.75 Å². The summed E-state index contributed by atoms with van der Waals surface area (Å²) in [7, 11) is 1.66.